The summed E-state index contributed by atoms with van der Waals surface area (Å²) in [7, 11) is 0. The van der Waals surface area contributed by atoms with Gasteiger partial charge in [-0.1, -0.05) is 58.0 Å². The number of hydrogen-bond acceptors (Lipinski definition) is 3. The van der Waals surface area contributed by atoms with Crippen LogP contribution in [0.5, 0.6) is 5.75 Å². The SMILES string of the molecule is CCCOc1ccc(C=C2CC(C(C)(C)C)Cc3c2nc2ccccc2c3C(=O)O)cc1. The molecule has 0 saturated carbocycles. The van der Waals surface area contributed by atoms with Gasteiger partial charge >= 0.3 is 5.97 Å². The maximum absolute atomic E-state index is 12.4. The second-order valence-electron chi connectivity index (χ2n) is 9.69. The summed E-state index contributed by atoms with van der Waals surface area (Å²) in [6.45, 7) is 9.49. The Labute approximate surface area is 190 Å². The van der Waals surface area contributed by atoms with E-state index in [2.05, 4.69) is 45.9 Å². The number of benzene rings is 2. The summed E-state index contributed by atoms with van der Waals surface area (Å²) in [5.41, 5.74) is 5.03. The van der Waals surface area contributed by atoms with E-state index in [0.717, 1.165) is 52.9 Å². The molecule has 0 bridgehead atoms. The average molecular weight is 430 g/mol. The third kappa shape index (κ3) is 4.40. The van der Waals surface area contributed by atoms with Gasteiger partial charge in [0.25, 0.3) is 0 Å². The molecule has 0 radical (unpaired) electrons. The quantitative estimate of drug-likeness (QED) is 0.481. The molecule has 1 aliphatic rings. The first-order chi connectivity index (χ1) is 15.3. The van der Waals surface area contributed by atoms with Gasteiger partial charge in [0.05, 0.1) is 23.4 Å². The predicted molar refractivity (Wildman–Crippen MR) is 130 cm³/mol. The molecule has 1 aromatic heterocycles. The lowest BCUT2D eigenvalue weighted by molar-refractivity contribution is 0.0696. The number of nitrogens with zero attached hydrogens (tertiary/aromatic N) is 1. The van der Waals surface area contributed by atoms with Crippen LogP contribution in [0.15, 0.2) is 48.5 Å². The highest BCUT2D eigenvalue weighted by Gasteiger charge is 2.35. The molecule has 1 atom stereocenters. The minimum atomic E-state index is -0.883. The Morgan fingerprint density at radius 1 is 1.12 bits per heavy atom. The van der Waals surface area contributed by atoms with Crippen molar-refractivity contribution < 1.29 is 14.6 Å². The molecule has 4 nitrogen and oxygen atoms in total. The molecule has 0 spiro atoms. The number of pyridine rings is 1. The molecule has 1 unspecified atom stereocenters. The van der Waals surface area contributed by atoms with Crippen LogP contribution in [0.2, 0.25) is 0 Å². The number of aromatic carboxylic acids is 1. The number of aromatic nitrogens is 1. The summed E-state index contributed by atoms with van der Waals surface area (Å²) in [5, 5.41) is 10.9. The number of carboxylic acids is 1. The van der Waals surface area contributed by atoms with E-state index >= 15 is 0 Å². The van der Waals surface area contributed by atoms with Gasteiger partial charge in [0, 0.05) is 5.39 Å². The van der Waals surface area contributed by atoms with E-state index in [1.54, 1.807) is 0 Å². The highest BCUT2D eigenvalue weighted by Crippen LogP contribution is 2.44. The Bertz CT molecular complexity index is 1170. The molecular formula is C28H31NO3. The average Bonchev–Trinajstić information content (AvgIpc) is 2.76. The minimum absolute atomic E-state index is 0.0516. The predicted octanol–water partition coefficient (Wildman–Crippen LogP) is 6.87. The highest BCUT2D eigenvalue weighted by atomic mass is 16.5. The van der Waals surface area contributed by atoms with Crippen LogP contribution in [-0.2, 0) is 6.42 Å². The number of fused-ring (bicyclic) bond motifs is 2. The summed E-state index contributed by atoms with van der Waals surface area (Å²) < 4.78 is 5.71. The molecule has 0 saturated heterocycles. The fraction of sp³-hybridized carbons (Fsp3) is 0.357. The van der Waals surface area contributed by atoms with Crippen molar-refractivity contribution in [2.24, 2.45) is 11.3 Å². The van der Waals surface area contributed by atoms with Crippen LogP contribution in [0.3, 0.4) is 0 Å². The Morgan fingerprint density at radius 3 is 2.50 bits per heavy atom. The normalized spacial score (nSPS) is 17.4. The van der Waals surface area contributed by atoms with Crippen molar-refractivity contribution in [3.63, 3.8) is 0 Å². The summed E-state index contributed by atoms with van der Waals surface area (Å²) in [6, 6.07) is 15.6. The van der Waals surface area contributed by atoms with Crippen molar-refractivity contribution in [3.8, 4) is 5.75 Å². The van der Waals surface area contributed by atoms with Crippen LogP contribution in [0.25, 0.3) is 22.6 Å². The number of allylic oxidation sites excluding steroid dienone is 1. The van der Waals surface area contributed by atoms with E-state index in [1.807, 2.05) is 36.4 Å². The molecule has 0 fully saturated rings. The first-order valence-corrected chi connectivity index (χ1v) is 11.4. The minimum Gasteiger partial charge on any atom is -0.494 e. The van der Waals surface area contributed by atoms with Gasteiger partial charge in [-0.15, -0.1) is 0 Å². The molecule has 0 amide bonds. The first kappa shape index (κ1) is 22.1. The van der Waals surface area contributed by atoms with Gasteiger partial charge in [0.2, 0.25) is 0 Å². The molecule has 2 aromatic carbocycles. The maximum Gasteiger partial charge on any atom is 0.336 e. The van der Waals surface area contributed by atoms with E-state index in [0.29, 0.717) is 23.5 Å². The van der Waals surface area contributed by atoms with Crippen LogP contribution in [0.1, 0.15) is 67.7 Å². The van der Waals surface area contributed by atoms with Crippen molar-refractivity contribution in [2.75, 3.05) is 6.61 Å². The second-order valence-corrected chi connectivity index (χ2v) is 9.69. The fourth-order valence-corrected chi connectivity index (χ4v) is 4.46. The second kappa shape index (κ2) is 8.78. The highest BCUT2D eigenvalue weighted by molar-refractivity contribution is 6.06. The fourth-order valence-electron chi connectivity index (χ4n) is 4.46. The monoisotopic (exact) mass is 429 g/mol. The maximum atomic E-state index is 12.4. The Kier molecular flexibility index (Phi) is 6.05. The van der Waals surface area contributed by atoms with Gasteiger partial charge in [-0.3, -0.25) is 0 Å². The van der Waals surface area contributed by atoms with Crippen molar-refractivity contribution in [1.29, 1.82) is 0 Å². The summed E-state index contributed by atoms with van der Waals surface area (Å²) >= 11 is 0. The Balaban J connectivity index is 1.87. The zero-order valence-electron chi connectivity index (χ0n) is 19.3. The summed E-state index contributed by atoms with van der Waals surface area (Å²) in [6.07, 6.45) is 4.73. The van der Waals surface area contributed by atoms with E-state index in [4.69, 9.17) is 9.72 Å². The number of ether oxygens (including phenoxy) is 1. The number of hydrogen-bond donors (Lipinski definition) is 1. The van der Waals surface area contributed by atoms with Gasteiger partial charge in [-0.2, -0.15) is 0 Å². The van der Waals surface area contributed by atoms with Gasteiger partial charge in [0.1, 0.15) is 5.75 Å². The lowest BCUT2D eigenvalue weighted by atomic mass is 9.69. The van der Waals surface area contributed by atoms with Crippen molar-refractivity contribution >= 4 is 28.5 Å². The van der Waals surface area contributed by atoms with E-state index in [9.17, 15) is 9.90 Å². The molecule has 32 heavy (non-hydrogen) atoms. The molecule has 1 aliphatic carbocycles. The molecular weight excluding hydrogens is 398 g/mol. The zero-order valence-corrected chi connectivity index (χ0v) is 19.3. The van der Waals surface area contributed by atoms with Gasteiger partial charge in [0.15, 0.2) is 0 Å². The number of para-hydroxylation sites is 1. The molecule has 4 rings (SSSR count). The van der Waals surface area contributed by atoms with Gasteiger partial charge in [-0.25, -0.2) is 9.78 Å². The van der Waals surface area contributed by atoms with E-state index < -0.39 is 5.97 Å². The zero-order chi connectivity index (χ0) is 22.9. The molecule has 0 aliphatic heterocycles. The molecule has 1 heterocycles. The van der Waals surface area contributed by atoms with Gasteiger partial charge < -0.3 is 9.84 Å². The van der Waals surface area contributed by atoms with Crippen LogP contribution in [0, 0.1) is 11.3 Å². The van der Waals surface area contributed by atoms with Crippen LogP contribution in [0.4, 0.5) is 0 Å². The standard InChI is InChI=1S/C28H31NO3/c1-5-14-32-21-12-10-18(11-13-21)15-19-16-20(28(2,3)4)17-23-25(27(30)31)22-8-6-7-9-24(22)29-26(19)23/h6-13,15,20H,5,14,16-17H2,1-4H3,(H,30,31). The van der Waals surface area contributed by atoms with Crippen LogP contribution >= 0.6 is 0 Å². The molecule has 4 heteroatoms. The lowest BCUT2D eigenvalue weighted by Gasteiger charge is -2.36. The van der Waals surface area contributed by atoms with Crippen LogP contribution < -0.4 is 4.74 Å². The first-order valence-electron chi connectivity index (χ1n) is 11.4. The van der Waals surface area contributed by atoms with Crippen molar-refractivity contribution in [1.82, 2.24) is 4.98 Å². The Morgan fingerprint density at radius 2 is 1.84 bits per heavy atom. The smallest absolute Gasteiger partial charge is 0.336 e. The molecule has 3 aromatic rings. The van der Waals surface area contributed by atoms with Crippen molar-refractivity contribution in [2.45, 2.75) is 47.0 Å². The van der Waals surface area contributed by atoms with Crippen LogP contribution in [-0.4, -0.2) is 22.7 Å². The van der Waals surface area contributed by atoms with Crippen molar-refractivity contribution in [3.05, 3.63) is 70.9 Å². The third-order valence-electron chi connectivity index (χ3n) is 6.35. The number of rotatable bonds is 5. The summed E-state index contributed by atoms with van der Waals surface area (Å²) in [4.78, 5) is 17.3. The molecule has 166 valence electrons. The van der Waals surface area contributed by atoms with E-state index in [1.165, 1.54) is 0 Å². The summed E-state index contributed by atoms with van der Waals surface area (Å²) in [5.74, 6) is 0.309. The number of carboxylic acid groups (broad SMARTS) is 1. The third-order valence-corrected chi connectivity index (χ3v) is 6.35. The topological polar surface area (TPSA) is 59.4 Å². The Hall–Kier alpha value is -3.14. The lowest BCUT2D eigenvalue weighted by Crippen LogP contribution is -2.28. The largest absolute Gasteiger partial charge is 0.494 e. The van der Waals surface area contributed by atoms with Gasteiger partial charge in [-0.05, 0) is 71.6 Å². The molecule has 1 N–H and O–H groups in total. The van der Waals surface area contributed by atoms with E-state index in [-0.39, 0.29) is 5.41 Å². The number of carbonyl (C=O) groups is 1.